The van der Waals surface area contributed by atoms with Crippen LogP contribution in [0.1, 0.15) is 41.2 Å². The molecule has 1 amide bonds. The first kappa shape index (κ1) is 23.1. The largest absolute Gasteiger partial charge is 0.490 e. The molecule has 0 saturated heterocycles. The number of nitrogens with zero attached hydrogens (tertiary/aromatic N) is 3. The Morgan fingerprint density at radius 1 is 0.941 bits per heavy atom. The summed E-state index contributed by atoms with van der Waals surface area (Å²) in [5, 5.41) is 7.18. The summed E-state index contributed by atoms with van der Waals surface area (Å²) >= 11 is 0. The lowest BCUT2D eigenvalue weighted by atomic mass is 10.2. The molecule has 2 heterocycles. The zero-order chi connectivity index (χ0) is 24.1. The number of hydrogen-bond acceptors (Lipinski definition) is 6. The minimum Gasteiger partial charge on any atom is -0.490 e. The third-order valence-corrected chi connectivity index (χ3v) is 5.15. The lowest BCUT2D eigenvalue weighted by Gasteiger charge is -2.13. The number of nitrogens with one attached hydrogen (secondary N) is 1. The average Bonchev–Trinajstić information content (AvgIpc) is 3.25. The van der Waals surface area contributed by atoms with Crippen LogP contribution in [0.25, 0.3) is 5.65 Å². The van der Waals surface area contributed by atoms with Crippen LogP contribution in [0.4, 0.5) is 5.69 Å². The Hall–Kier alpha value is -4.07. The first-order chi connectivity index (χ1) is 16.5. The molecule has 4 aromatic rings. The van der Waals surface area contributed by atoms with Gasteiger partial charge in [0.2, 0.25) is 0 Å². The monoisotopic (exact) mass is 460 g/mol. The van der Waals surface area contributed by atoms with Gasteiger partial charge in [-0.05, 0) is 75.7 Å². The molecule has 0 bridgehead atoms. The summed E-state index contributed by atoms with van der Waals surface area (Å²) in [6, 6.07) is 14.9. The first-order valence-corrected chi connectivity index (χ1v) is 11.2. The van der Waals surface area contributed by atoms with E-state index in [1.807, 2.05) is 64.1 Å². The number of hydrogen-bond donors (Lipinski definition) is 1. The van der Waals surface area contributed by atoms with Gasteiger partial charge in [-0.2, -0.15) is 5.10 Å². The Balaban J connectivity index is 1.40. The van der Waals surface area contributed by atoms with Gasteiger partial charge in [-0.25, -0.2) is 9.50 Å². The van der Waals surface area contributed by atoms with E-state index in [1.165, 1.54) is 6.20 Å². The number of aromatic nitrogens is 3. The number of anilines is 1. The van der Waals surface area contributed by atoms with Crippen molar-refractivity contribution in [1.82, 2.24) is 14.6 Å². The second-order valence-corrected chi connectivity index (χ2v) is 7.75. The van der Waals surface area contributed by atoms with Gasteiger partial charge in [-0.15, -0.1) is 0 Å². The van der Waals surface area contributed by atoms with Crippen molar-refractivity contribution in [3.63, 3.8) is 0 Å². The highest BCUT2D eigenvalue weighted by atomic mass is 16.5. The Kier molecular flexibility index (Phi) is 6.96. The standard InChI is InChI=1S/C26H28N4O4/c1-5-32-23-12-7-19(14-24(23)33-6-2)16-34-21-10-8-20(9-11-21)29-26(31)22-15-27-30-18(4)13-17(3)28-25(22)30/h7-15H,5-6,16H2,1-4H3,(H,29,31). The lowest BCUT2D eigenvalue weighted by molar-refractivity contribution is 0.102. The Bertz CT molecular complexity index is 1300. The van der Waals surface area contributed by atoms with Crippen LogP contribution in [-0.4, -0.2) is 33.7 Å². The third-order valence-electron chi connectivity index (χ3n) is 5.15. The maximum absolute atomic E-state index is 12.8. The summed E-state index contributed by atoms with van der Waals surface area (Å²) in [5.74, 6) is 1.85. The number of fused-ring (bicyclic) bond motifs is 1. The fourth-order valence-electron chi connectivity index (χ4n) is 3.62. The van der Waals surface area contributed by atoms with Crippen molar-refractivity contribution >= 4 is 17.2 Å². The van der Waals surface area contributed by atoms with Crippen molar-refractivity contribution in [3.05, 3.63) is 77.2 Å². The number of amides is 1. The van der Waals surface area contributed by atoms with Gasteiger partial charge >= 0.3 is 0 Å². The molecule has 0 aliphatic rings. The second-order valence-electron chi connectivity index (χ2n) is 7.75. The molecular weight excluding hydrogens is 432 g/mol. The predicted molar refractivity (Wildman–Crippen MR) is 130 cm³/mol. The third kappa shape index (κ3) is 5.11. The molecular formula is C26H28N4O4. The van der Waals surface area contributed by atoms with Gasteiger partial charge in [-0.3, -0.25) is 4.79 Å². The molecule has 0 atom stereocenters. The second kappa shape index (κ2) is 10.2. The normalized spacial score (nSPS) is 10.8. The van der Waals surface area contributed by atoms with Gasteiger partial charge in [-0.1, -0.05) is 6.07 Å². The molecule has 34 heavy (non-hydrogen) atoms. The fraction of sp³-hybridized carbons (Fsp3) is 0.269. The maximum atomic E-state index is 12.8. The number of aryl methyl sites for hydroxylation is 2. The minimum absolute atomic E-state index is 0.265. The summed E-state index contributed by atoms with van der Waals surface area (Å²) in [7, 11) is 0. The molecule has 0 aliphatic carbocycles. The molecule has 4 rings (SSSR count). The highest BCUT2D eigenvalue weighted by molar-refractivity contribution is 6.08. The van der Waals surface area contributed by atoms with Crippen molar-refractivity contribution in [2.24, 2.45) is 0 Å². The Morgan fingerprint density at radius 2 is 1.68 bits per heavy atom. The topological polar surface area (TPSA) is 87.0 Å². The molecule has 0 aliphatic heterocycles. The lowest BCUT2D eigenvalue weighted by Crippen LogP contribution is -2.12. The summed E-state index contributed by atoms with van der Waals surface area (Å²) in [4.78, 5) is 17.3. The first-order valence-electron chi connectivity index (χ1n) is 11.2. The van der Waals surface area contributed by atoms with Crippen molar-refractivity contribution in [2.45, 2.75) is 34.3 Å². The maximum Gasteiger partial charge on any atom is 0.261 e. The molecule has 0 saturated carbocycles. The van der Waals surface area contributed by atoms with Gasteiger partial charge < -0.3 is 19.5 Å². The van der Waals surface area contributed by atoms with Gasteiger partial charge in [0.15, 0.2) is 17.1 Å². The fourth-order valence-corrected chi connectivity index (χ4v) is 3.62. The van der Waals surface area contributed by atoms with Crippen molar-refractivity contribution in [1.29, 1.82) is 0 Å². The van der Waals surface area contributed by atoms with Crippen LogP contribution in [0.2, 0.25) is 0 Å². The highest BCUT2D eigenvalue weighted by Crippen LogP contribution is 2.29. The molecule has 176 valence electrons. The molecule has 8 nitrogen and oxygen atoms in total. The van der Waals surface area contributed by atoms with E-state index < -0.39 is 0 Å². The zero-order valence-electron chi connectivity index (χ0n) is 19.8. The van der Waals surface area contributed by atoms with Crippen LogP contribution >= 0.6 is 0 Å². The quantitative estimate of drug-likeness (QED) is 0.379. The average molecular weight is 461 g/mol. The molecule has 2 aromatic carbocycles. The van der Waals surface area contributed by atoms with Gasteiger partial charge in [0.1, 0.15) is 17.9 Å². The predicted octanol–water partition coefficient (Wildman–Crippen LogP) is 4.97. The van der Waals surface area contributed by atoms with E-state index in [2.05, 4.69) is 15.4 Å². The van der Waals surface area contributed by atoms with E-state index in [4.69, 9.17) is 14.2 Å². The Morgan fingerprint density at radius 3 is 2.41 bits per heavy atom. The molecule has 1 N–H and O–H groups in total. The number of carbonyl (C=O) groups is 1. The van der Waals surface area contributed by atoms with Crippen LogP contribution in [0.15, 0.2) is 54.7 Å². The SMILES string of the molecule is CCOc1ccc(COc2ccc(NC(=O)c3cnn4c(C)cc(C)nc34)cc2)cc1OCC. The molecule has 0 spiro atoms. The van der Waals surface area contributed by atoms with E-state index in [0.717, 1.165) is 22.7 Å². The van der Waals surface area contributed by atoms with Crippen molar-refractivity contribution in [3.8, 4) is 17.2 Å². The Labute approximate surface area is 198 Å². The van der Waals surface area contributed by atoms with Crippen LogP contribution in [0.5, 0.6) is 17.2 Å². The summed E-state index contributed by atoms with van der Waals surface area (Å²) in [6.07, 6.45) is 1.54. The van der Waals surface area contributed by atoms with Crippen LogP contribution in [-0.2, 0) is 6.61 Å². The summed E-state index contributed by atoms with van der Waals surface area (Å²) in [5.41, 5.74) is 4.34. The van der Waals surface area contributed by atoms with Gasteiger partial charge in [0.05, 0.1) is 19.4 Å². The molecule has 0 unspecified atom stereocenters. The van der Waals surface area contributed by atoms with Crippen molar-refractivity contribution in [2.75, 3.05) is 18.5 Å². The number of ether oxygens (including phenoxy) is 3. The molecule has 2 aromatic heterocycles. The summed E-state index contributed by atoms with van der Waals surface area (Å²) in [6.45, 7) is 9.22. The summed E-state index contributed by atoms with van der Waals surface area (Å²) < 4.78 is 18.9. The van der Waals surface area contributed by atoms with Gasteiger partial charge in [0, 0.05) is 17.1 Å². The highest BCUT2D eigenvalue weighted by Gasteiger charge is 2.16. The van der Waals surface area contributed by atoms with Gasteiger partial charge in [0.25, 0.3) is 5.91 Å². The van der Waals surface area contributed by atoms with Crippen LogP contribution in [0, 0.1) is 13.8 Å². The van der Waals surface area contributed by atoms with E-state index >= 15 is 0 Å². The van der Waals surface area contributed by atoms with Crippen LogP contribution < -0.4 is 19.5 Å². The van der Waals surface area contributed by atoms with E-state index in [9.17, 15) is 4.79 Å². The minimum atomic E-state index is -0.265. The number of rotatable bonds is 9. The van der Waals surface area contributed by atoms with E-state index in [0.29, 0.717) is 48.2 Å². The van der Waals surface area contributed by atoms with E-state index in [1.54, 1.807) is 16.6 Å². The smallest absolute Gasteiger partial charge is 0.261 e. The van der Waals surface area contributed by atoms with Crippen LogP contribution in [0.3, 0.4) is 0 Å². The molecule has 0 fully saturated rings. The van der Waals surface area contributed by atoms with E-state index in [-0.39, 0.29) is 5.91 Å². The molecule has 0 radical (unpaired) electrons. The number of benzene rings is 2. The number of carbonyl (C=O) groups excluding carboxylic acids is 1. The zero-order valence-corrected chi connectivity index (χ0v) is 19.8. The molecule has 8 heteroatoms. The van der Waals surface area contributed by atoms with Crippen molar-refractivity contribution < 1.29 is 19.0 Å².